The molecule has 4 unspecified atom stereocenters. The Morgan fingerprint density at radius 2 is 2.18 bits per heavy atom. The van der Waals surface area contributed by atoms with Crippen LogP contribution in [-0.4, -0.2) is 25.4 Å². The normalized spacial score (nSPS) is 60.3. The summed E-state index contributed by atoms with van der Waals surface area (Å²) in [6, 6.07) is 0. The van der Waals surface area contributed by atoms with Gasteiger partial charge < -0.3 is 9.47 Å². The highest BCUT2D eigenvalue weighted by Crippen LogP contribution is 2.61. The first-order valence-electron chi connectivity index (χ1n) is 4.56. The molecule has 3 aliphatic rings. The lowest BCUT2D eigenvalue weighted by Gasteiger charge is -2.14. The van der Waals surface area contributed by atoms with E-state index in [0.29, 0.717) is 17.6 Å². The van der Waals surface area contributed by atoms with E-state index in [1.54, 1.807) is 0 Å². The van der Waals surface area contributed by atoms with Crippen molar-refractivity contribution in [3.8, 4) is 0 Å². The maximum atomic E-state index is 5.70. The van der Waals surface area contributed by atoms with Crippen molar-refractivity contribution in [3.63, 3.8) is 0 Å². The van der Waals surface area contributed by atoms with Gasteiger partial charge in [-0.3, -0.25) is 0 Å². The predicted octanol–water partition coefficient (Wildman–Crippen LogP) is 1.20. The van der Waals surface area contributed by atoms with E-state index in [1.165, 1.54) is 6.42 Å². The van der Waals surface area contributed by atoms with Crippen LogP contribution in [0.5, 0.6) is 0 Å². The third-order valence-electron chi connectivity index (χ3n) is 3.68. The van der Waals surface area contributed by atoms with Crippen LogP contribution >= 0.6 is 0 Å². The smallest absolute Gasteiger partial charge is 0.0918 e. The van der Waals surface area contributed by atoms with Crippen LogP contribution in [0.15, 0.2) is 0 Å². The van der Waals surface area contributed by atoms with E-state index in [1.807, 2.05) is 0 Å². The van der Waals surface area contributed by atoms with Crippen LogP contribution in [-0.2, 0) is 9.47 Å². The first-order valence-corrected chi connectivity index (χ1v) is 4.56. The Labute approximate surface area is 66.9 Å². The molecule has 2 saturated heterocycles. The van der Waals surface area contributed by atoms with Crippen LogP contribution in [0, 0.1) is 11.3 Å². The van der Waals surface area contributed by atoms with Gasteiger partial charge in [0.2, 0.25) is 0 Å². The summed E-state index contributed by atoms with van der Waals surface area (Å²) >= 11 is 0. The molecule has 2 nitrogen and oxygen atoms in total. The molecule has 0 aromatic heterocycles. The van der Waals surface area contributed by atoms with Crippen molar-refractivity contribution in [1.29, 1.82) is 0 Å². The van der Waals surface area contributed by atoms with Gasteiger partial charge in [-0.05, 0) is 18.8 Å². The van der Waals surface area contributed by atoms with Gasteiger partial charge in [-0.2, -0.15) is 0 Å². The van der Waals surface area contributed by atoms with Crippen molar-refractivity contribution in [3.05, 3.63) is 0 Å². The second-order valence-electron chi connectivity index (χ2n) is 4.27. The lowest BCUT2D eigenvalue weighted by Crippen LogP contribution is -2.25. The summed E-state index contributed by atoms with van der Waals surface area (Å²) in [6.07, 6.45) is 3.35. The summed E-state index contributed by atoms with van der Waals surface area (Å²) in [5.74, 6) is 0.843. The molecule has 0 radical (unpaired) electrons. The number of fused-ring (bicyclic) bond motifs is 2. The molecule has 0 aromatic rings. The van der Waals surface area contributed by atoms with Gasteiger partial charge in [0.15, 0.2) is 0 Å². The largest absolute Gasteiger partial charge is 0.375 e. The molecule has 0 amide bonds. The maximum Gasteiger partial charge on any atom is 0.0918 e. The van der Waals surface area contributed by atoms with Crippen LogP contribution in [0.2, 0.25) is 0 Å². The number of rotatable bonds is 0. The molecule has 2 heteroatoms. The summed E-state index contributed by atoms with van der Waals surface area (Å²) in [5.41, 5.74) is 0.459. The Balaban J connectivity index is 1.88. The van der Waals surface area contributed by atoms with Crippen molar-refractivity contribution in [1.82, 2.24) is 0 Å². The quantitative estimate of drug-likeness (QED) is 0.522. The third-order valence-corrected chi connectivity index (χ3v) is 3.68. The first-order chi connectivity index (χ1) is 5.33. The second-order valence-corrected chi connectivity index (χ2v) is 4.27. The zero-order chi connectivity index (χ0) is 7.47. The molecule has 0 bridgehead atoms. The minimum atomic E-state index is 0.444. The fraction of sp³-hybridized carbons (Fsp3) is 1.00. The topological polar surface area (TPSA) is 18.5 Å². The lowest BCUT2D eigenvalue weighted by molar-refractivity contribution is 0.0556. The minimum Gasteiger partial charge on any atom is -0.375 e. The molecule has 0 N–H and O–H groups in total. The molecule has 4 atom stereocenters. The first kappa shape index (κ1) is 6.44. The molecule has 1 spiro atoms. The van der Waals surface area contributed by atoms with Gasteiger partial charge in [0.1, 0.15) is 0 Å². The highest BCUT2D eigenvalue weighted by Gasteiger charge is 2.64. The molecule has 62 valence electrons. The SMILES string of the molecule is CC1CC12COC1CCOC12. The van der Waals surface area contributed by atoms with Crippen molar-refractivity contribution < 1.29 is 9.47 Å². The van der Waals surface area contributed by atoms with Crippen LogP contribution in [0.1, 0.15) is 19.8 Å². The fourth-order valence-electron chi connectivity index (χ4n) is 2.73. The highest BCUT2D eigenvalue weighted by atomic mass is 16.6. The lowest BCUT2D eigenvalue weighted by atomic mass is 9.97. The summed E-state index contributed by atoms with van der Waals surface area (Å²) < 4.78 is 11.4. The van der Waals surface area contributed by atoms with Crippen molar-refractivity contribution in [2.24, 2.45) is 11.3 Å². The Bertz CT molecular complexity index is 192. The number of ether oxygens (including phenoxy) is 2. The van der Waals surface area contributed by atoms with Gasteiger partial charge in [0, 0.05) is 12.0 Å². The number of hydrogen-bond acceptors (Lipinski definition) is 2. The molecule has 11 heavy (non-hydrogen) atoms. The van der Waals surface area contributed by atoms with Crippen molar-refractivity contribution in [2.45, 2.75) is 32.0 Å². The Hall–Kier alpha value is -0.0800. The van der Waals surface area contributed by atoms with Crippen LogP contribution < -0.4 is 0 Å². The molecule has 2 aliphatic heterocycles. The van der Waals surface area contributed by atoms with Gasteiger partial charge >= 0.3 is 0 Å². The van der Waals surface area contributed by atoms with E-state index in [9.17, 15) is 0 Å². The van der Waals surface area contributed by atoms with E-state index in [4.69, 9.17) is 9.47 Å². The monoisotopic (exact) mass is 154 g/mol. The van der Waals surface area contributed by atoms with E-state index in [-0.39, 0.29) is 0 Å². The van der Waals surface area contributed by atoms with E-state index in [2.05, 4.69) is 6.92 Å². The minimum absolute atomic E-state index is 0.444. The Morgan fingerprint density at radius 1 is 1.36 bits per heavy atom. The van der Waals surface area contributed by atoms with E-state index >= 15 is 0 Å². The van der Waals surface area contributed by atoms with Gasteiger partial charge in [0.05, 0.1) is 18.8 Å². The molecule has 1 saturated carbocycles. The second kappa shape index (κ2) is 1.80. The van der Waals surface area contributed by atoms with Gasteiger partial charge in [-0.1, -0.05) is 6.92 Å². The van der Waals surface area contributed by atoms with Crippen molar-refractivity contribution in [2.75, 3.05) is 13.2 Å². The summed E-state index contributed by atoms with van der Waals surface area (Å²) in [6.45, 7) is 4.20. The molecule has 3 rings (SSSR count). The summed E-state index contributed by atoms with van der Waals surface area (Å²) in [4.78, 5) is 0. The Morgan fingerprint density at radius 3 is 2.91 bits per heavy atom. The van der Waals surface area contributed by atoms with Crippen molar-refractivity contribution >= 4 is 0 Å². The maximum absolute atomic E-state index is 5.70. The zero-order valence-electron chi connectivity index (χ0n) is 6.88. The molecule has 2 heterocycles. The van der Waals surface area contributed by atoms with Gasteiger partial charge in [-0.25, -0.2) is 0 Å². The molecule has 0 aromatic carbocycles. The van der Waals surface area contributed by atoms with Crippen LogP contribution in [0.4, 0.5) is 0 Å². The predicted molar refractivity (Wildman–Crippen MR) is 40.3 cm³/mol. The van der Waals surface area contributed by atoms with Crippen LogP contribution in [0.25, 0.3) is 0 Å². The summed E-state index contributed by atoms with van der Waals surface area (Å²) in [5, 5.41) is 0. The highest BCUT2D eigenvalue weighted by molar-refractivity contribution is 5.12. The van der Waals surface area contributed by atoms with Crippen LogP contribution in [0.3, 0.4) is 0 Å². The van der Waals surface area contributed by atoms with Gasteiger partial charge in [0.25, 0.3) is 0 Å². The average Bonchev–Trinajstić information content (AvgIpc) is 2.46. The van der Waals surface area contributed by atoms with E-state index in [0.717, 1.165) is 25.6 Å². The zero-order valence-corrected chi connectivity index (χ0v) is 6.88. The standard InChI is InChI=1S/C9H14O2/c1-6-4-9(6)5-11-7-2-3-10-8(7)9/h6-8H,2-5H2,1H3. The average molecular weight is 154 g/mol. The van der Waals surface area contributed by atoms with E-state index < -0.39 is 0 Å². The molecule has 1 aliphatic carbocycles. The third kappa shape index (κ3) is 0.651. The molecular formula is C9H14O2. The molecule has 3 fully saturated rings. The van der Waals surface area contributed by atoms with Gasteiger partial charge in [-0.15, -0.1) is 0 Å². The molecular weight excluding hydrogens is 140 g/mol. The fourth-order valence-corrected chi connectivity index (χ4v) is 2.73. The Kier molecular flexibility index (Phi) is 1.06. The number of hydrogen-bond donors (Lipinski definition) is 0. The summed E-state index contributed by atoms with van der Waals surface area (Å²) in [7, 11) is 0.